The Balaban J connectivity index is 2.96. The van der Waals surface area contributed by atoms with Gasteiger partial charge in [-0.25, -0.2) is 4.39 Å². The third kappa shape index (κ3) is 3.68. The monoisotopic (exact) mass is 259 g/mol. The number of hydrogen-bond acceptors (Lipinski definition) is 2. The molecule has 0 aliphatic rings. The van der Waals surface area contributed by atoms with Crippen LogP contribution < -0.4 is 5.73 Å². The lowest BCUT2D eigenvalue weighted by molar-refractivity contribution is -0.137. The van der Waals surface area contributed by atoms with Crippen LogP contribution in [0.2, 0.25) is 5.02 Å². The van der Waals surface area contributed by atoms with Gasteiger partial charge in [0.05, 0.1) is 0 Å². The first-order chi connectivity index (χ1) is 7.93. The van der Waals surface area contributed by atoms with Gasteiger partial charge in [0, 0.05) is 23.0 Å². The highest BCUT2D eigenvalue weighted by molar-refractivity contribution is 6.31. The third-order valence-corrected chi connectivity index (χ3v) is 2.88. The van der Waals surface area contributed by atoms with Crippen molar-refractivity contribution < 1.29 is 14.3 Å². The van der Waals surface area contributed by atoms with Crippen molar-refractivity contribution in [3.05, 3.63) is 34.3 Å². The number of halogens is 2. The van der Waals surface area contributed by atoms with Gasteiger partial charge in [0.1, 0.15) is 6.17 Å². The van der Waals surface area contributed by atoms with Crippen LogP contribution in [0.4, 0.5) is 4.39 Å². The van der Waals surface area contributed by atoms with Crippen LogP contribution in [-0.4, -0.2) is 11.1 Å². The molecule has 1 aromatic rings. The first-order valence-corrected chi connectivity index (χ1v) is 5.71. The van der Waals surface area contributed by atoms with E-state index < -0.39 is 18.2 Å². The zero-order chi connectivity index (χ0) is 13.0. The van der Waals surface area contributed by atoms with Crippen molar-refractivity contribution in [1.29, 1.82) is 0 Å². The van der Waals surface area contributed by atoms with E-state index in [9.17, 15) is 9.18 Å². The molecule has 17 heavy (non-hydrogen) atoms. The molecule has 0 saturated carbocycles. The van der Waals surface area contributed by atoms with E-state index in [1.54, 1.807) is 18.2 Å². The van der Waals surface area contributed by atoms with Crippen LogP contribution >= 0.6 is 11.6 Å². The first-order valence-electron chi connectivity index (χ1n) is 5.33. The number of alkyl halides is 1. The lowest BCUT2D eigenvalue weighted by Gasteiger charge is -2.17. The van der Waals surface area contributed by atoms with Gasteiger partial charge in [-0.2, -0.15) is 0 Å². The number of carbonyl (C=O) groups is 1. The van der Waals surface area contributed by atoms with E-state index in [1.807, 2.05) is 0 Å². The minimum atomic E-state index is -1.23. The summed E-state index contributed by atoms with van der Waals surface area (Å²) in [7, 11) is 0. The third-order valence-electron chi connectivity index (χ3n) is 2.55. The van der Waals surface area contributed by atoms with Gasteiger partial charge in [0.2, 0.25) is 0 Å². The molecule has 0 bridgehead atoms. The molecule has 0 radical (unpaired) electrons. The number of hydrogen-bond donors (Lipinski definition) is 2. The summed E-state index contributed by atoms with van der Waals surface area (Å²) < 4.78 is 13.5. The lowest BCUT2D eigenvalue weighted by Crippen LogP contribution is -2.15. The number of benzene rings is 1. The van der Waals surface area contributed by atoms with Crippen molar-refractivity contribution in [2.75, 3.05) is 0 Å². The van der Waals surface area contributed by atoms with E-state index in [2.05, 4.69) is 0 Å². The van der Waals surface area contributed by atoms with Crippen molar-refractivity contribution in [2.45, 2.75) is 32.0 Å². The highest BCUT2D eigenvalue weighted by Crippen LogP contribution is 2.32. The minimum absolute atomic E-state index is 0.0478. The number of nitrogens with two attached hydrogens (primary N) is 1. The van der Waals surface area contributed by atoms with Gasteiger partial charge in [-0.1, -0.05) is 23.7 Å². The maximum atomic E-state index is 13.5. The van der Waals surface area contributed by atoms with Crippen LogP contribution in [-0.2, 0) is 4.79 Å². The van der Waals surface area contributed by atoms with E-state index in [-0.39, 0.29) is 12.8 Å². The molecule has 0 aromatic heterocycles. The molecule has 94 valence electrons. The van der Waals surface area contributed by atoms with Gasteiger partial charge in [0.15, 0.2) is 0 Å². The lowest BCUT2D eigenvalue weighted by atomic mass is 9.95. The summed E-state index contributed by atoms with van der Waals surface area (Å²) in [4.78, 5) is 10.5. The Bertz CT molecular complexity index is 409. The highest BCUT2D eigenvalue weighted by Gasteiger charge is 2.18. The minimum Gasteiger partial charge on any atom is -0.481 e. The summed E-state index contributed by atoms with van der Waals surface area (Å²) in [6.45, 7) is 1.38. The topological polar surface area (TPSA) is 63.3 Å². The molecule has 0 aliphatic carbocycles. The van der Waals surface area contributed by atoms with Crippen molar-refractivity contribution in [1.82, 2.24) is 0 Å². The second kappa shape index (κ2) is 5.98. The Labute approximate surface area is 104 Å². The Morgan fingerprint density at radius 1 is 1.59 bits per heavy atom. The Hall–Kier alpha value is -1.13. The maximum Gasteiger partial charge on any atom is 0.303 e. The maximum absolute atomic E-state index is 13.5. The molecule has 0 amide bonds. The number of carboxylic acids is 1. The predicted octanol–water partition coefficient (Wildman–Crippen LogP) is 3.24. The second-order valence-electron chi connectivity index (χ2n) is 3.90. The summed E-state index contributed by atoms with van der Waals surface area (Å²) in [6.07, 6.45) is -1.02. The van der Waals surface area contributed by atoms with Crippen molar-refractivity contribution in [3.63, 3.8) is 0 Å². The van der Waals surface area contributed by atoms with E-state index >= 15 is 0 Å². The normalized spacial score (nSPS) is 14.4. The van der Waals surface area contributed by atoms with Crippen LogP contribution in [0, 0.1) is 0 Å². The van der Waals surface area contributed by atoms with Crippen LogP contribution in [0.5, 0.6) is 0 Å². The second-order valence-corrected chi connectivity index (χ2v) is 4.30. The Morgan fingerprint density at radius 3 is 2.76 bits per heavy atom. The summed E-state index contributed by atoms with van der Waals surface area (Å²) in [5.41, 5.74) is 6.79. The molecular formula is C12H15ClFNO2. The highest BCUT2D eigenvalue weighted by atomic mass is 35.5. The molecule has 1 rings (SSSR count). The van der Waals surface area contributed by atoms with Gasteiger partial charge in [0.25, 0.3) is 0 Å². The molecule has 2 atom stereocenters. The number of carboxylic acid groups (broad SMARTS) is 1. The Morgan fingerprint density at radius 2 is 2.24 bits per heavy atom. The van der Waals surface area contributed by atoms with E-state index in [1.165, 1.54) is 6.92 Å². The summed E-state index contributed by atoms with van der Waals surface area (Å²) in [5, 5.41) is 8.91. The molecular weight excluding hydrogens is 245 g/mol. The number of rotatable bonds is 5. The van der Waals surface area contributed by atoms with E-state index in [0.29, 0.717) is 16.1 Å². The van der Waals surface area contributed by atoms with Crippen molar-refractivity contribution in [3.8, 4) is 0 Å². The fourth-order valence-corrected chi connectivity index (χ4v) is 2.06. The largest absolute Gasteiger partial charge is 0.481 e. The van der Waals surface area contributed by atoms with Crippen molar-refractivity contribution >= 4 is 17.6 Å². The Kier molecular flexibility index (Phi) is 4.90. The molecule has 0 heterocycles. The van der Waals surface area contributed by atoms with Gasteiger partial charge >= 0.3 is 5.97 Å². The predicted molar refractivity (Wildman–Crippen MR) is 64.8 cm³/mol. The smallest absolute Gasteiger partial charge is 0.303 e. The quantitative estimate of drug-likeness (QED) is 0.853. The van der Waals surface area contributed by atoms with Crippen molar-refractivity contribution in [2.24, 2.45) is 5.73 Å². The summed E-state index contributed by atoms with van der Waals surface area (Å²) in [5.74, 6) is -0.919. The van der Waals surface area contributed by atoms with Crippen LogP contribution in [0.1, 0.15) is 43.1 Å². The first kappa shape index (κ1) is 13.9. The SMILES string of the molecule is CC(F)c1c(Cl)cccc1C(N)CCC(=O)O. The molecule has 0 fully saturated rings. The molecule has 0 spiro atoms. The average Bonchev–Trinajstić information content (AvgIpc) is 2.24. The van der Waals surface area contributed by atoms with Crippen LogP contribution in [0.25, 0.3) is 0 Å². The molecule has 0 saturated heterocycles. The molecule has 1 aromatic carbocycles. The molecule has 3 nitrogen and oxygen atoms in total. The van der Waals surface area contributed by atoms with Crippen LogP contribution in [0.3, 0.4) is 0 Å². The van der Waals surface area contributed by atoms with Gasteiger partial charge in [-0.3, -0.25) is 4.79 Å². The zero-order valence-electron chi connectivity index (χ0n) is 9.49. The van der Waals surface area contributed by atoms with E-state index in [4.69, 9.17) is 22.4 Å². The number of aliphatic carboxylic acids is 1. The average molecular weight is 260 g/mol. The van der Waals surface area contributed by atoms with Crippen LogP contribution in [0.15, 0.2) is 18.2 Å². The van der Waals surface area contributed by atoms with Gasteiger partial charge in [-0.05, 0) is 25.0 Å². The molecule has 0 aliphatic heterocycles. The van der Waals surface area contributed by atoms with Gasteiger partial charge < -0.3 is 10.8 Å². The zero-order valence-corrected chi connectivity index (χ0v) is 10.2. The molecule has 5 heteroatoms. The summed E-state index contributed by atoms with van der Waals surface area (Å²) in [6, 6.07) is 4.45. The standard InChI is InChI=1S/C12H15ClFNO2/c1-7(14)12-8(3-2-4-9(12)13)10(15)5-6-11(16)17/h2-4,7,10H,5-6,15H2,1H3,(H,16,17). The van der Waals surface area contributed by atoms with E-state index in [0.717, 1.165) is 0 Å². The fourth-order valence-electron chi connectivity index (χ4n) is 1.73. The van der Waals surface area contributed by atoms with Gasteiger partial charge in [-0.15, -0.1) is 0 Å². The molecule has 2 unspecified atom stereocenters. The summed E-state index contributed by atoms with van der Waals surface area (Å²) >= 11 is 5.92. The molecule has 3 N–H and O–H groups in total. The fraction of sp³-hybridized carbons (Fsp3) is 0.417.